The van der Waals surface area contributed by atoms with Gasteiger partial charge in [0.25, 0.3) is 0 Å². The van der Waals surface area contributed by atoms with E-state index in [1.165, 1.54) is 23.5 Å². The minimum absolute atomic E-state index is 0.0898. The number of nitrogens with zero attached hydrogens (tertiary/aromatic N) is 2. The third kappa shape index (κ3) is 2.19. The summed E-state index contributed by atoms with van der Waals surface area (Å²) in [4.78, 5) is 8.95. The molecule has 0 aliphatic carbocycles. The first-order valence-electron chi connectivity index (χ1n) is 5.12. The molecule has 2 nitrogen and oxygen atoms in total. The van der Waals surface area contributed by atoms with Crippen molar-refractivity contribution in [2.75, 3.05) is 0 Å². The van der Waals surface area contributed by atoms with Crippen LogP contribution in [0.5, 0.6) is 0 Å². The summed E-state index contributed by atoms with van der Waals surface area (Å²) in [6.07, 6.45) is 0. The SMILES string of the molecule is Fc1ccc(Cl)c2c(Cl)nc(-c3sccc3Cl)nc12. The molecule has 0 N–H and O–H groups in total. The molecule has 0 unspecified atom stereocenters. The Balaban J connectivity index is 2.37. The molecule has 0 bridgehead atoms. The van der Waals surface area contributed by atoms with Gasteiger partial charge in [0, 0.05) is 0 Å². The van der Waals surface area contributed by atoms with Gasteiger partial charge in [-0.3, -0.25) is 0 Å². The molecule has 0 spiro atoms. The lowest BCUT2D eigenvalue weighted by atomic mass is 10.2. The Labute approximate surface area is 126 Å². The van der Waals surface area contributed by atoms with Crippen molar-refractivity contribution in [3.8, 4) is 10.7 Å². The van der Waals surface area contributed by atoms with Crippen molar-refractivity contribution in [1.29, 1.82) is 0 Å². The second-order valence-electron chi connectivity index (χ2n) is 3.69. The smallest absolute Gasteiger partial charge is 0.173 e. The van der Waals surface area contributed by atoms with Crippen LogP contribution in [-0.2, 0) is 0 Å². The molecule has 0 aliphatic rings. The van der Waals surface area contributed by atoms with E-state index in [4.69, 9.17) is 34.8 Å². The van der Waals surface area contributed by atoms with Crippen LogP contribution in [0.4, 0.5) is 4.39 Å². The van der Waals surface area contributed by atoms with Crippen molar-refractivity contribution in [1.82, 2.24) is 9.97 Å². The Hall–Kier alpha value is -0.940. The quantitative estimate of drug-likeness (QED) is 0.553. The lowest BCUT2D eigenvalue weighted by molar-refractivity contribution is 0.636. The summed E-state index contributed by atoms with van der Waals surface area (Å²) in [6.45, 7) is 0. The molecule has 0 aliphatic heterocycles. The Morgan fingerprint density at radius 1 is 1.00 bits per heavy atom. The molecule has 7 heteroatoms. The van der Waals surface area contributed by atoms with Gasteiger partial charge in [-0.05, 0) is 23.6 Å². The molecule has 0 radical (unpaired) electrons. The monoisotopic (exact) mass is 332 g/mol. The lowest BCUT2D eigenvalue weighted by Gasteiger charge is -2.06. The van der Waals surface area contributed by atoms with Crippen LogP contribution in [0.2, 0.25) is 15.2 Å². The Morgan fingerprint density at radius 3 is 2.47 bits per heavy atom. The fraction of sp³-hybridized carbons (Fsp3) is 0. The Bertz CT molecular complexity index is 788. The second kappa shape index (κ2) is 4.87. The summed E-state index contributed by atoms with van der Waals surface area (Å²) >= 11 is 19.4. The van der Waals surface area contributed by atoms with Gasteiger partial charge in [0.1, 0.15) is 16.5 Å². The van der Waals surface area contributed by atoms with Gasteiger partial charge in [-0.2, -0.15) is 0 Å². The van der Waals surface area contributed by atoms with Crippen molar-refractivity contribution >= 4 is 57.0 Å². The molecule has 0 saturated carbocycles. The summed E-state index contributed by atoms with van der Waals surface area (Å²) < 4.78 is 13.8. The molecular weight excluding hydrogens is 330 g/mol. The zero-order valence-corrected chi connectivity index (χ0v) is 12.2. The zero-order valence-electron chi connectivity index (χ0n) is 9.12. The molecule has 0 atom stereocenters. The number of thiophene rings is 1. The zero-order chi connectivity index (χ0) is 13.6. The van der Waals surface area contributed by atoms with E-state index in [0.29, 0.717) is 26.1 Å². The molecule has 96 valence electrons. The molecule has 0 saturated heterocycles. The maximum atomic E-state index is 13.8. The van der Waals surface area contributed by atoms with E-state index in [0.717, 1.165) is 0 Å². The van der Waals surface area contributed by atoms with Crippen molar-refractivity contribution in [3.63, 3.8) is 0 Å². The second-order valence-corrected chi connectivity index (χ2v) is 5.78. The van der Waals surface area contributed by atoms with Gasteiger partial charge < -0.3 is 0 Å². The molecule has 2 heterocycles. The number of benzene rings is 1. The minimum atomic E-state index is -0.502. The number of hydrogen-bond donors (Lipinski definition) is 0. The van der Waals surface area contributed by atoms with E-state index in [-0.39, 0.29) is 10.7 Å². The number of aromatic nitrogens is 2. The highest BCUT2D eigenvalue weighted by molar-refractivity contribution is 7.14. The number of halogens is 4. The highest BCUT2D eigenvalue weighted by atomic mass is 35.5. The predicted octanol–water partition coefficient (Wildman–Crippen LogP) is 5.46. The van der Waals surface area contributed by atoms with E-state index in [2.05, 4.69) is 9.97 Å². The fourth-order valence-electron chi connectivity index (χ4n) is 1.68. The maximum Gasteiger partial charge on any atom is 0.173 e. The van der Waals surface area contributed by atoms with Crippen molar-refractivity contribution in [3.05, 3.63) is 44.6 Å². The first kappa shape index (κ1) is 13.1. The van der Waals surface area contributed by atoms with Gasteiger partial charge in [0.05, 0.1) is 20.3 Å². The molecule has 3 aromatic rings. The van der Waals surface area contributed by atoms with Crippen LogP contribution < -0.4 is 0 Å². The Kier molecular flexibility index (Phi) is 3.35. The van der Waals surface area contributed by atoms with Gasteiger partial charge in [0.15, 0.2) is 5.82 Å². The first-order chi connectivity index (χ1) is 9.08. The van der Waals surface area contributed by atoms with Crippen LogP contribution in [0, 0.1) is 5.82 Å². The third-order valence-corrected chi connectivity index (χ3v) is 4.45. The van der Waals surface area contributed by atoms with Crippen molar-refractivity contribution in [2.24, 2.45) is 0 Å². The number of fused-ring (bicyclic) bond motifs is 1. The van der Waals surface area contributed by atoms with Gasteiger partial charge in [-0.15, -0.1) is 11.3 Å². The molecule has 3 rings (SSSR count). The average Bonchev–Trinajstić information content (AvgIpc) is 2.79. The normalized spacial score (nSPS) is 11.2. The molecule has 0 fully saturated rings. The predicted molar refractivity (Wildman–Crippen MR) is 77.8 cm³/mol. The molecule has 19 heavy (non-hydrogen) atoms. The van der Waals surface area contributed by atoms with Crippen LogP contribution in [0.15, 0.2) is 23.6 Å². The molecule has 1 aromatic carbocycles. The molecule has 2 aromatic heterocycles. The third-order valence-electron chi connectivity index (χ3n) is 2.53. The summed E-state index contributed by atoms with van der Waals surface area (Å²) in [5, 5.41) is 3.02. The first-order valence-corrected chi connectivity index (χ1v) is 7.14. The average molecular weight is 334 g/mol. The molecular formula is C12H4Cl3FN2S. The van der Waals surface area contributed by atoms with Crippen LogP contribution in [0.1, 0.15) is 0 Å². The van der Waals surface area contributed by atoms with Gasteiger partial charge >= 0.3 is 0 Å². The minimum Gasteiger partial charge on any atom is -0.224 e. The van der Waals surface area contributed by atoms with E-state index in [1.54, 1.807) is 11.4 Å². The lowest BCUT2D eigenvalue weighted by Crippen LogP contribution is -1.94. The van der Waals surface area contributed by atoms with Crippen LogP contribution in [0.25, 0.3) is 21.6 Å². The topological polar surface area (TPSA) is 25.8 Å². The summed E-state index contributed by atoms with van der Waals surface area (Å²) in [5.74, 6) is -0.212. The van der Waals surface area contributed by atoms with Gasteiger partial charge in [-0.25, -0.2) is 14.4 Å². The Morgan fingerprint density at radius 2 is 1.79 bits per heavy atom. The van der Waals surface area contributed by atoms with Crippen molar-refractivity contribution in [2.45, 2.75) is 0 Å². The standard InChI is InChI=1S/C12H4Cl3FN2S/c13-5-1-2-7(16)9-8(5)11(15)18-12(17-9)10-6(14)3-4-19-10/h1-4H. The van der Waals surface area contributed by atoms with Crippen LogP contribution in [0.3, 0.4) is 0 Å². The van der Waals surface area contributed by atoms with Crippen LogP contribution >= 0.6 is 46.1 Å². The number of rotatable bonds is 1. The molecule has 0 amide bonds. The van der Waals surface area contributed by atoms with E-state index in [9.17, 15) is 4.39 Å². The van der Waals surface area contributed by atoms with Gasteiger partial charge in [-0.1, -0.05) is 34.8 Å². The van der Waals surface area contributed by atoms with E-state index in [1.807, 2.05) is 0 Å². The maximum absolute atomic E-state index is 13.8. The van der Waals surface area contributed by atoms with E-state index < -0.39 is 5.82 Å². The highest BCUT2D eigenvalue weighted by Gasteiger charge is 2.16. The van der Waals surface area contributed by atoms with Gasteiger partial charge in [0.2, 0.25) is 0 Å². The van der Waals surface area contributed by atoms with E-state index >= 15 is 0 Å². The highest BCUT2D eigenvalue weighted by Crippen LogP contribution is 2.35. The summed E-state index contributed by atoms with van der Waals surface area (Å²) in [5.41, 5.74) is 0.0898. The largest absolute Gasteiger partial charge is 0.224 e. The number of hydrogen-bond acceptors (Lipinski definition) is 3. The van der Waals surface area contributed by atoms with Crippen molar-refractivity contribution < 1.29 is 4.39 Å². The fourth-order valence-corrected chi connectivity index (χ4v) is 3.32. The summed E-state index contributed by atoms with van der Waals surface area (Å²) in [6, 6.07) is 4.39. The summed E-state index contributed by atoms with van der Waals surface area (Å²) in [7, 11) is 0. The van der Waals surface area contributed by atoms with Crippen LogP contribution in [-0.4, -0.2) is 9.97 Å².